The van der Waals surface area contributed by atoms with Gasteiger partial charge in [0.05, 0.1) is 0 Å². The summed E-state index contributed by atoms with van der Waals surface area (Å²) in [6.45, 7) is 28.6. The van der Waals surface area contributed by atoms with Crippen LogP contribution in [0.4, 0.5) is 0 Å². The molecular weight excluding hydrogens is 601 g/mol. The van der Waals surface area contributed by atoms with Crippen LogP contribution in [0.25, 0.3) is 22.3 Å². The molecule has 0 bridgehead atoms. The van der Waals surface area contributed by atoms with E-state index in [1.54, 1.807) is 0 Å². The van der Waals surface area contributed by atoms with Gasteiger partial charge in [-0.15, -0.1) is 0 Å². The second-order valence-corrected chi connectivity index (χ2v) is 10.8. The van der Waals surface area contributed by atoms with Crippen molar-refractivity contribution in [1.82, 2.24) is 0 Å². The van der Waals surface area contributed by atoms with Crippen molar-refractivity contribution in [3.05, 3.63) is 191 Å². The smallest absolute Gasteiger partial charge is 0.0184 e. The molecule has 0 spiro atoms. The molecule has 0 unspecified atom stereocenters. The van der Waals surface area contributed by atoms with Gasteiger partial charge in [-0.25, -0.2) is 0 Å². The summed E-state index contributed by atoms with van der Waals surface area (Å²) in [7, 11) is 0. The second kappa shape index (κ2) is 31.6. The molecule has 0 saturated heterocycles. The first-order valence-corrected chi connectivity index (χ1v) is 18.6. The highest BCUT2D eigenvalue weighted by atomic mass is 14.0. The maximum absolute atomic E-state index is 2.16. The van der Waals surface area contributed by atoms with Gasteiger partial charge in [0.15, 0.2) is 0 Å². The van der Waals surface area contributed by atoms with Crippen LogP contribution in [0.3, 0.4) is 0 Å². The van der Waals surface area contributed by atoms with Gasteiger partial charge in [0.1, 0.15) is 0 Å². The Morgan fingerprint density at radius 2 is 0.320 bits per heavy atom. The molecule has 268 valence electrons. The van der Waals surface area contributed by atoms with Gasteiger partial charge in [0.25, 0.3) is 0 Å². The Labute approximate surface area is 309 Å². The van der Waals surface area contributed by atoms with E-state index in [-0.39, 0.29) is 0 Å². The van der Waals surface area contributed by atoms with Crippen LogP contribution in [0.1, 0.15) is 88.8 Å². The number of benzene rings is 6. The summed E-state index contributed by atoms with van der Waals surface area (Å²) in [5, 5.41) is 0. The quantitative estimate of drug-likeness (QED) is 0.172. The van der Waals surface area contributed by atoms with E-state index in [0.717, 1.165) is 0 Å². The lowest BCUT2D eigenvalue weighted by Crippen LogP contribution is -1.76. The van der Waals surface area contributed by atoms with Crippen molar-refractivity contribution in [2.45, 2.75) is 96.9 Å². The van der Waals surface area contributed by atoms with Gasteiger partial charge >= 0.3 is 0 Å². The van der Waals surface area contributed by atoms with Crippen molar-refractivity contribution in [2.24, 2.45) is 0 Å². The Morgan fingerprint density at radius 3 is 0.500 bits per heavy atom. The van der Waals surface area contributed by atoms with E-state index in [0.29, 0.717) is 0 Å². The molecule has 6 aromatic carbocycles. The fourth-order valence-corrected chi connectivity index (χ4v) is 4.03. The molecule has 0 nitrogen and oxygen atoms in total. The fourth-order valence-electron chi connectivity index (χ4n) is 4.03. The van der Waals surface area contributed by atoms with Crippen molar-refractivity contribution in [3.63, 3.8) is 0 Å². The third-order valence-electron chi connectivity index (χ3n) is 6.75. The van der Waals surface area contributed by atoms with Gasteiger partial charge in [-0.1, -0.05) is 246 Å². The molecule has 0 aliphatic carbocycles. The van der Waals surface area contributed by atoms with E-state index in [2.05, 4.69) is 187 Å². The maximum atomic E-state index is 2.16. The first-order valence-electron chi connectivity index (χ1n) is 18.6. The zero-order chi connectivity index (χ0) is 38.2. The van der Waals surface area contributed by atoms with Crippen molar-refractivity contribution in [2.75, 3.05) is 0 Å². The Bertz CT molecular complexity index is 1380. The molecule has 6 rings (SSSR count). The van der Waals surface area contributed by atoms with Crippen molar-refractivity contribution in [1.29, 1.82) is 0 Å². The van der Waals surface area contributed by atoms with E-state index in [9.17, 15) is 0 Å². The number of aryl methyl sites for hydroxylation is 6. The average Bonchev–Trinajstić information content (AvgIpc) is 3.19. The Kier molecular flexibility index (Phi) is 30.0. The van der Waals surface area contributed by atoms with E-state index in [4.69, 9.17) is 0 Å². The lowest BCUT2D eigenvalue weighted by molar-refractivity contribution is 1.40. The lowest BCUT2D eigenvalue weighted by atomic mass is 10.0. The molecule has 0 radical (unpaired) electrons. The van der Waals surface area contributed by atoms with Crippen LogP contribution in [-0.4, -0.2) is 0 Å². The van der Waals surface area contributed by atoms with Crippen LogP contribution in [0, 0.1) is 41.5 Å². The fraction of sp³-hybridized carbons (Fsp3) is 0.280. The third kappa shape index (κ3) is 22.0. The SMILES string of the molecule is CC.CC.CC.CC.Cc1ccc(-c2ccccc2)cc1.Cc1ccc(-c2ccccc2)cc1.Cc1ccc(C)cc1.Cc1ccc(C)cc1. The minimum atomic E-state index is 1.28. The van der Waals surface area contributed by atoms with E-state index >= 15 is 0 Å². The van der Waals surface area contributed by atoms with Gasteiger partial charge in [0.2, 0.25) is 0 Å². The molecular formula is C50H68. The van der Waals surface area contributed by atoms with Crippen LogP contribution >= 0.6 is 0 Å². The van der Waals surface area contributed by atoms with Crippen LogP contribution in [0.15, 0.2) is 158 Å². The van der Waals surface area contributed by atoms with Crippen LogP contribution in [-0.2, 0) is 0 Å². The largest absolute Gasteiger partial charge is 0.0683 e. The van der Waals surface area contributed by atoms with Gasteiger partial charge in [-0.05, 0) is 63.8 Å². The molecule has 0 aromatic heterocycles. The van der Waals surface area contributed by atoms with Crippen molar-refractivity contribution >= 4 is 0 Å². The molecule has 0 aliphatic rings. The Balaban J connectivity index is 0. The van der Waals surface area contributed by atoms with E-state index < -0.39 is 0 Å². The molecule has 50 heavy (non-hydrogen) atoms. The van der Waals surface area contributed by atoms with Crippen LogP contribution < -0.4 is 0 Å². The minimum Gasteiger partial charge on any atom is -0.0683 e. The topological polar surface area (TPSA) is 0 Å². The molecule has 0 fully saturated rings. The first kappa shape index (κ1) is 47.4. The monoisotopic (exact) mass is 669 g/mol. The standard InChI is InChI=1S/2C13H12.2C8H10.4C2H6/c2*1-11-7-9-13(10-8-11)12-5-3-2-4-6-12;2*1-7-3-5-8(2)6-4-7;4*1-2/h2*2-10H,1H3;2*3-6H,1-2H3;4*1-2H3. The van der Waals surface area contributed by atoms with Crippen molar-refractivity contribution < 1.29 is 0 Å². The summed E-state index contributed by atoms with van der Waals surface area (Å²) in [5.74, 6) is 0. The summed E-state index contributed by atoms with van der Waals surface area (Å²) in [6, 6.07) is 55.0. The van der Waals surface area contributed by atoms with E-state index in [1.807, 2.05) is 67.5 Å². The predicted octanol–water partition coefficient (Wildman–Crippen LogP) is 16.0. The second-order valence-electron chi connectivity index (χ2n) is 10.8. The Morgan fingerprint density at radius 1 is 0.180 bits per heavy atom. The number of hydrogen-bond acceptors (Lipinski definition) is 0. The molecule has 0 heteroatoms. The third-order valence-corrected chi connectivity index (χ3v) is 6.75. The summed E-state index contributed by atoms with van der Waals surface area (Å²) >= 11 is 0. The van der Waals surface area contributed by atoms with Gasteiger partial charge < -0.3 is 0 Å². The highest BCUT2D eigenvalue weighted by molar-refractivity contribution is 5.64. The average molecular weight is 669 g/mol. The van der Waals surface area contributed by atoms with Crippen LogP contribution in [0.2, 0.25) is 0 Å². The molecule has 0 saturated carbocycles. The zero-order valence-electron chi connectivity index (χ0n) is 34.0. The summed E-state index contributed by atoms with van der Waals surface area (Å²) in [5.41, 5.74) is 13.1. The normalized spacial score (nSPS) is 8.60. The zero-order valence-corrected chi connectivity index (χ0v) is 34.0. The van der Waals surface area contributed by atoms with Gasteiger partial charge in [0, 0.05) is 0 Å². The highest BCUT2D eigenvalue weighted by Crippen LogP contribution is 2.19. The Hall–Kier alpha value is -4.68. The van der Waals surface area contributed by atoms with Gasteiger partial charge in [-0.2, -0.15) is 0 Å². The molecule has 0 heterocycles. The molecule has 0 atom stereocenters. The maximum Gasteiger partial charge on any atom is -0.0184 e. The van der Waals surface area contributed by atoms with Crippen LogP contribution in [0.5, 0.6) is 0 Å². The molecule has 0 amide bonds. The lowest BCUT2D eigenvalue weighted by Gasteiger charge is -2.00. The highest BCUT2D eigenvalue weighted by Gasteiger charge is 1.95. The van der Waals surface area contributed by atoms with Crippen molar-refractivity contribution in [3.8, 4) is 22.3 Å². The molecule has 0 aliphatic heterocycles. The minimum absolute atomic E-state index is 1.28. The van der Waals surface area contributed by atoms with Gasteiger partial charge in [-0.3, -0.25) is 0 Å². The summed E-state index contributed by atoms with van der Waals surface area (Å²) in [6.07, 6.45) is 0. The predicted molar refractivity (Wildman–Crippen MR) is 230 cm³/mol. The number of hydrogen-bond donors (Lipinski definition) is 0. The summed E-state index contributed by atoms with van der Waals surface area (Å²) < 4.78 is 0. The van der Waals surface area contributed by atoms with E-state index in [1.165, 1.54) is 55.6 Å². The summed E-state index contributed by atoms with van der Waals surface area (Å²) in [4.78, 5) is 0. The molecule has 6 aromatic rings. The molecule has 0 N–H and O–H groups in total. The number of rotatable bonds is 2. The first-order chi connectivity index (χ1) is 24.3.